The minimum atomic E-state index is -0.914. The molecular weight excluding hydrogens is 300 g/mol. The summed E-state index contributed by atoms with van der Waals surface area (Å²) in [5, 5.41) is 9.00. The number of aromatic carboxylic acids is 1. The number of rotatable bonds is 6. The van der Waals surface area contributed by atoms with E-state index in [1.165, 1.54) is 0 Å². The zero-order chi connectivity index (χ0) is 18.7. The standard InChI is InChI=1S/C19H24O3.C2H6/c1-6-13(3)18(12-14(4)15(5)22-7-2)16-8-10-17(11-9-16)19(20)21;1-2/h6,8-12H,7H2,1-5H3,(H,20,21);1-2H3/b13-6-,15-14+,18-12+;. The highest BCUT2D eigenvalue weighted by Crippen LogP contribution is 2.26. The van der Waals surface area contributed by atoms with Gasteiger partial charge in [0.1, 0.15) is 0 Å². The summed E-state index contributed by atoms with van der Waals surface area (Å²) in [5.41, 5.74) is 4.53. The Bertz CT molecular complexity index is 617. The lowest BCUT2D eigenvalue weighted by atomic mass is 9.95. The Hall–Kier alpha value is -2.29. The van der Waals surface area contributed by atoms with Crippen LogP contribution < -0.4 is 0 Å². The van der Waals surface area contributed by atoms with Gasteiger partial charge in [-0.15, -0.1) is 0 Å². The van der Waals surface area contributed by atoms with Gasteiger partial charge in [0.2, 0.25) is 0 Å². The smallest absolute Gasteiger partial charge is 0.335 e. The molecule has 0 aromatic heterocycles. The third-order valence-electron chi connectivity index (χ3n) is 3.58. The largest absolute Gasteiger partial charge is 0.498 e. The Morgan fingerprint density at radius 1 is 1.08 bits per heavy atom. The number of carboxylic acid groups (broad SMARTS) is 1. The molecule has 0 aliphatic rings. The predicted molar refractivity (Wildman–Crippen MR) is 102 cm³/mol. The molecule has 132 valence electrons. The van der Waals surface area contributed by atoms with Crippen LogP contribution in [0.4, 0.5) is 0 Å². The molecule has 0 saturated heterocycles. The van der Waals surface area contributed by atoms with Crippen molar-refractivity contribution < 1.29 is 14.6 Å². The van der Waals surface area contributed by atoms with Gasteiger partial charge >= 0.3 is 5.97 Å². The molecule has 1 aromatic carbocycles. The van der Waals surface area contributed by atoms with E-state index in [0.29, 0.717) is 12.2 Å². The van der Waals surface area contributed by atoms with Crippen LogP contribution in [0.25, 0.3) is 5.57 Å². The van der Waals surface area contributed by atoms with Crippen LogP contribution >= 0.6 is 0 Å². The van der Waals surface area contributed by atoms with Gasteiger partial charge in [0, 0.05) is 0 Å². The lowest BCUT2D eigenvalue weighted by molar-refractivity contribution is 0.0697. The zero-order valence-corrected chi connectivity index (χ0v) is 15.9. The summed E-state index contributed by atoms with van der Waals surface area (Å²) in [6, 6.07) is 6.93. The fourth-order valence-electron chi connectivity index (χ4n) is 2.02. The van der Waals surface area contributed by atoms with Crippen molar-refractivity contribution in [1.82, 2.24) is 0 Å². The van der Waals surface area contributed by atoms with Crippen molar-refractivity contribution in [1.29, 1.82) is 0 Å². The molecule has 0 bridgehead atoms. The fraction of sp³-hybridized carbons (Fsp3) is 0.381. The van der Waals surface area contributed by atoms with E-state index in [0.717, 1.165) is 28.0 Å². The van der Waals surface area contributed by atoms with Crippen molar-refractivity contribution in [2.75, 3.05) is 6.61 Å². The molecule has 0 atom stereocenters. The van der Waals surface area contributed by atoms with E-state index in [9.17, 15) is 4.79 Å². The number of hydrogen-bond acceptors (Lipinski definition) is 2. The van der Waals surface area contributed by atoms with Crippen molar-refractivity contribution >= 4 is 11.5 Å². The van der Waals surface area contributed by atoms with E-state index in [2.05, 4.69) is 6.08 Å². The first-order chi connectivity index (χ1) is 11.4. The SMILES string of the molecule is CC.C\C=C(C)/C(=C\C(C)=C(/C)OCC)c1ccc(C(=O)O)cc1. The molecule has 24 heavy (non-hydrogen) atoms. The van der Waals surface area contributed by atoms with Crippen LogP contribution in [0.15, 0.2) is 53.3 Å². The first kappa shape index (κ1) is 21.7. The Morgan fingerprint density at radius 2 is 1.58 bits per heavy atom. The minimum Gasteiger partial charge on any atom is -0.498 e. The molecule has 0 spiro atoms. The zero-order valence-electron chi connectivity index (χ0n) is 15.9. The quantitative estimate of drug-likeness (QED) is 0.507. The first-order valence-electron chi connectivity index (χ1n) is 8.39. The van der Waals surface area contributed by atoms with Gasteiger partial charge < -0.3 is 9.84 Å². The predicted octanol–water partition coefficient (Wildman–Crippen LogP) is 6.09. The number of carboxylic acids is 1. The van der Waals surface area contributed by atoms with Gasteiger partial charge in [0.25, 0.3) is 0 Å². The van der Waals surface area contributed by atoms with Crippen molar-refractivity contribution in [3.05, 3.63) is 64.4 Å². The van der Waals surface area contributed by atoms with E-state index in [1.54, 1.807) is 12.1 Å². The lowest BCUT2D eigenvalue weighted by Crippen LogP contribution is -1.97. The van der Waals surface area contributed by atoms with Crippen molar-refractivity contribution in [3.8, 4) is 0 Å². The molecule has 3 nitrogen and oxygen atoms in total. The highest BCUT2D eigenvalue weighted by Gasteiger charge is 2.07. The third-order valence-corrected chi connectivity index (χ3v) is 3.58. The van der Waals surface area contributed by atoms with E-state index >= 15 is 0 Å². The molecule has 1 rings (SSSR count). The van der Waals surface area contributed by atoms with Crippen LogP contribution in [0.5, 0.6) is 0 Å². The molecule has 0 saturated carbocycles. The second kappa shape index (κ2) is 11.3. The Morgan fingerprint density at radius 3 is 2.00 bits per heavy atom. The average molecular weight is 330 g/mol. The topological polar surface area (TPSA) is 46.5 Å². The minimum absolute atomic E-state index is 0.291. The monoisotopic (exact) mass is 330 g/mol. The molecule has 1 aromatic rings. The number of ether oxygens (including phenoxy) is 1. The van der Waals surface area contributed by atoms with Gasteiger partial charge in [0.15, 0.2) is 0 Å². The Labute approximate surface area is 146 Å². The van der Waals surface area contributed by atoms with Gasteiger partial charge in [-0.05, 0) is 75.1 Å². The fourth-order valence-corrected chi connectivity index (χ4v) is 2.02. The second-order valence-corrected chi connectivity index (χ2v) is 5.08. The summed E-state index contributed by atoms with van der Waals surface area (Å²) in [5.74, 6) is -0.0193. The number of allylic oxidation sites excluding steroid dienone is 6. The summed E-state index contributed by atoms with van der Waals surface area (Å²) >= 11 is 0. The molecule has 0 unspecified atom stereocenters. The molecule has 3 heteroatoms. The molecule has 0 fully saturated rings. The number of benzene rings is 1. The lowest BCUT2D eigenvalue weighted by Gasteiger charge is -2.11. The summed E-state index contributed by atoms with van der Waals surface area (Å²) in [6.45, 7) is 14.6. The third kappa shape index (κ3) is 6.45. The van der Waals surface area contributed by atoms with Crippen LogP contribution in [-0.2, 0) is 4.74 Å². The van der Waals surface area contributed by atoms with Crippen LogP contribution in [0.3, 0.4) is 0 Å². The molecule has 0 aliphatic carbocycles. The summed E-state index contributed by atoms with van der Waals surface area (Å²) < 4.78 is 5.54. The highest BCUT2D eigenvalue weighted by molar-refractivity contribution is 5.89. The molecule has 0 amide bonds. The van der Waals surface area contributed by atoms with Crippen molar-refractivity contribution in [3.63, 3.8) is 0 Å². The Balaban J connectivity index is 0.00000254. The van der Waals surface area contributed by atoms with Crippen LogP contribution in [0.2, 0.25) is 0 Å². The van der Waals surface area contributed by atoms with Crippen LogP contribution in [0.1, 0.15) is 64.4 Å². The Kier molecular flexibility index (Phi) is 10.2. The molecule has 1 N–H and O–H groups in total. The number of carbonyl (C=O) groups is 1. The first-order valence-corrected chi connectivity index (χ1v) is 8.39. The molecule has 0 aliphatic heterocycles. The van der Waals surface area contributed by atoms with Gasteiger partial charge in [-0.25, -0.2) is 4.79 Å². The highest BCUT2D eigenvalue weighted by atomic mass is 16.5. The summed E-state index contributed by atoms with van der Waals surface area (Å²) in [6.07, 6.45) is 4.12. The van der Waals surface area contributed by atoms with Gasteiger partial charge in [-0.1, -0.05) is 32.1 Å². The maximum Gasteiger partial charge on any atom is 0.335 e. The van der Waals surface area contributed by atoms with Crippen LogP contribution in [-0.4, -0.2) is 17.7 Å². The van der Waals surface area contributed by atoms with Gasteiger partial charge in [-0.3, -0.25) is 0 Å². The van der Waals surface area contributed by atoms with Crippen LogP contribution in [0, 0.1) is 0 Å². The summed E-state index contributed by atoms with van der Waals surface area (Å²) in [4.78, 5) is 11.0. The second-order valence-electron chi connectivity index (χ2n) is 5.08. The number of hydrogen-bond donors (Lipinski definition) is 1. The van der Waals surface area contributed by atoms with E-state index < -0.39 is 5.97 Å². The molecular formula is C21H30O3. The summed E-state index contributed by atoms with van der Waals surface area (Å²) in [7, 11) is 0. The molecule has 0 heterocycles. The maximum absolute atomic E-state index is 11.0. The van der Waals surface area contributed by atoms with Crippen molar-refractivity contribution in [2.45, 2.75) is 48.5 Å². The van der Waals surface area contributed by atoms with Crippen molar-refractivity contribution in [2.24, 2.45) is 0 Å². The van der Waals surface area contributed by atoms with E-state index in [4.69, 9.17) is 9.84 Å². The van der Waals surface area contributed by atoms with Gasteiger partial charge in [-0.2, -0.15) is 0 Å². The van der Waals surface area contributed by atoms with E-state index in [1.807, 2.05) is 66.7 Å². The van der Waals surface area contributed by atoms with E-state index in [-0.39, 0.29) is 0 Å². The maximum atomic E-state index is 11.0. The normalized spacial score (nSPS) is 12.8. The van der Waals surface area contributed by atoms with Gasteiger partial charge in [0.05, 0.1) is 17.9 Å². The molecule has 0 radical (unpaired) electrons. The average Bonchev–Trinajstić information content (AvgIpc) is 2.60.